The van der Waals surface area contributed by atoms with Crippen LogP contribution in [0.4, 0.5) is 0 Å². The third kappa shape index (κ3) is 3.47. The average Bonchev–Trinajstić information content (AvgIpc) is 2.33. The van der Waals surface area contributed by atoms with E-state index < -0.39 is 0 Å². The Morgan fingerprint density at radius 2 is 1.94 bits per heavy atom. The molecule has 1 aromatic carbocycles. The number of carbonyl (C=O) groups is 1. The molecule has 0 aromatic heterocycles. The molecule has 4 heteroatoms. The quantitative estimate of drug-likeness (QED) is 0.803. The summed E-state index contributed by atoms with van der Waals surface area (Å²) >= 11 is 0. The van der Waals surface area contributed by atoms with Crippen LogP contribution >= 0.6 is 0 Å². The minimum Gasteiger partial charge on any atom is -0.493 e. The van der Waals surface area contributed by atoms with E-state index in [0.29, 0.717) is 13.0 Å². The second-order valence-electron chi connectivity index (χ2n) is 4.53. The van der Waals surface area contributed by atoms with Crippen molar-refractivity contribution >= 4 is 5.91 Å². The fourth-order valence-electron chi connectivity index (χ4n) is 1.86. The van der Waals surface area contributed by atoms with Crippen LogP contribution in [0.3, 0.4) is 0 Å². The molecule has 1 rings (SSSR count). The van der Waals surface area contributed by atoms with Crippen molar-refractivity contribution < 1.29 is 9.53 Å². The SMILES string of the molecule is CNC(CCOc1c(C)ccc(C)c1C)C(N)=O. The molecule has 0 spiro atoms. The molecule has 0 aliphatic rings. The van der Waals surface area contributed by atoms with Crippen LogP contribution in [0.15, 0.2) is 12.1 Å². The van der Waals surface area contributed by atoms with Crippen molar-refractivity contribution in [1.29, 1.82) is 0 Å². The van der Waals surface area contributed by atoms with Crippen LogP contribution < -0.4 is 15.8 Å². The second kappa shape index (κ2) is 6.40. The first kappa shape index (κ1) is 14.5. The summed E-state index contributed by atoms with van der Waals surface area (Å²) in [5, 5.41) is 2.87. The van der Waals surface area contributed by atoms with Gasteiger partial charge in [0.1, 0.15) is 5.75 Å². The first-order valence-corrected chi connectivity index (χ1v) is 6.13. The number of likely N-dealkylation sites (N-methyl/N-ethyl adjacent to an activating group) is 1. The molecule has 18 heavy (non-hydrogen) atoms. The van der Waals surface area contributed by atoms with Crippen molar-refractivity contribution in [1.82, 2.24) is 5.32 Å². The summed E-state index contributed by atoms with van der Waals surface area (Å²) in [6.45, 7) is 6.59. The Hall–Kier alpha value is -1.55. The van der Waals surface area contributed by atoms with Gasteiger partial charge >= 0.3 is 0 Å². The maximum atomic E-state index is 11.1. The molecule has 0 aliphatic carbocycles. The van der Waals surface area contributed by atoms with Gasteiger partial charge in [0, 0.05) is 6.42 Å². The van der Waals surface area contributed by atoms with Crippen molar-refractivity contribution in [2.75, 3.05) is 13.7 Å². The van der Waals surface area contributed by atoms with Crippen LogP contribution in [0.2, 0.25) is 0 Å². The van der Waals surface area contributed by atoms with Crippen molar-refractivity contribution in [2.24, 2.45) is 5.73 Å². The smallest absolute Gasteiger partial charge is 0.234 e. The lowest BCUT2D eigenvalue weighted by Crippen LogP contribution is -2.40. The second-order valence-corrected chi connectivity index (χ2v) is 4.53. The third-order valence-electron chi connectivity index (χ3n) is 3.22. The summed E-state index contributed by atoms with van der Waals surface area (Å²) in [5.74, 6) is 0.563. The fourth-order valence-corrected chi connectivity index (χ4v) is 1.86. The molecule has 0 aliphatic heterocycles. The van der Waals surface area contributed by atoms with Crippen LogP contribution in [0.5, 0.6) is 5.75 Å². The zero-order valence-electron chi connectivity index (χ0n) is 11.5. The van der Waals surface area contributed by atoms with Gasteiger partial charge in [-0.25, -0.2) is 0 Å². The molecule has 0 saturated carbocycles. The van der Waals surface area contributed by atoms with E-state index in [2.05, 4.69) is 18.3 Å². The number of ether oxygens (including phenoxy) is 1. The van der Waals surface area contributed by atoms with Crippen LogP contribution in [0.1, 0.15) is 23.1 Å². The summed E-state index contributed by atoms with van der Waals surface area (Å²) < 4.78 is 5.78. The molecule has 1 unspecified atom stereocenters. The molecule has 0 radical (unpaired) electrons. The molecular formula is C14H22N2O2. The van der Waals surface area contributed by atoms with Crippen LogP contribution in [-0.2, 0) is 4.79 Å². The highest BCUT2D eigenvalue weighted by Crippen LogP contribution is 2.25. The molecular weight excluding hydrogens is 228 g/mol. The van der Waals surface area contributed by atoms with E-state index in [-0.39, 0.29) is 11.9 Å². The number of hydrogen-bond acceptors (Lipinski definition) is 3. The summed E-state index contributed by atoms with van der Waals surface area (Å²) in [7, 11) is 1.72. The number of rotatable bonds is 6. The van der Waals surface area contributed by atoms with Gasteiger partial charge in [-0.2, -0.15) is 0 Å². The Kier molecular flexibility index (Phi) is 5.16. The first-order valence-electron chi connectivity index (χ1n) is 6.13. The fraction of sp³-hybridized carbons (Fsp3) is 0.500. The van der Waals surface area contributed by atoms with Crippen LogP contribution in [-0.4, -0.2) is 25.6 Å². The van der Waals surface area contributed by atoms with Gasteiger partial charge in [0.25, 0.3) is 0 Å². The monoisotopic (exact) mass is 250 g/mol. The zero-order valence-corrected chi connectivity index (χ0v) is 11.5. The first-order chi connectivity index (χ1) is 8.47. The minimum absolute atomic E-state index is 0.338. The molecule has 1 atom stereocenters. The Morgan fingerprint density at radius 3 is 2.50 bits per heavy atom. The highest BCUT2D eigenvalue weighted by molar-refractivity contribution is 5.79. The summed E-state index contributed by atoms with van der Waals surface area (Å²) in [4.78, 5) is 11.1. The van der Waals surface area contributed by atoms with Gasteiger partial charge in [0.2, 0.25) is 5.91 Å². The predicted octanol–water partition coefficient (Wildman–Crippen LogP) is 1.45. The van der Waals surface area contributed by atoms with Gasteiger partial charge in [-0.1, -0.05) is 12.1 Å². The molecule has 100 valence electrons. The van der Waals surface area contributed by atoms with Crippen molar-refractivity contribution in [3.63, 3.8) is 0 Å². The number of hydrogen-bond donors (Lipinski definition) is 2. The van der Waals surface area contributed by atoms with E-state index in [0.717, 1.165) is 16.9 Å². The van der Waals surface area contributed by atoms with Crippen LogP contribution in [0.25, 0.3) is 0 Å². The molecule has 0 fully saturated rings. The Bertz CT molecular complexity index is 430. The molecule has 0 heterocycles. The Balaban J connectivity index is 2.64. The largest absolute Gasteiger partial charge is 0.493 e. The van der Waals surface area contributed by atoms with Crippen molar-refractivity contribution in [3.05, 3.63) is 28.8 Å². The maximum Gasteiger partial charge on any atom is 0.234 e. The zero-order chi connectivity index (χ0) is 13.7. The predicted molar refractivity (Wildman–Crippen MR) is 72.8 cm³/mol. The van der Waals surface area contributed by atoms with Crippen LogP contribution in [0, 0.1) is 20.8 Å². The normalized spacial score (nSPS) is 12.2. The number of benzene rings is 1. The highest BCUT2D eigenvalue weighted by atomic mass is 16.5. The lowest BCUT2D eigenvalue weighted by atomic mass is 10.1. The van der Waals surface area contributed by atoms with Crippen molar-refractivity contribution in [2.45, 2.75) is 33.2 Å². The number of nitrogens with one attached hydrogen (secondary N) is 1. The molecule has 3 N–H and O–H groups in total. The lowest BCUT2D eigenvalue weighted by molar-refractivity contribution is -0.120. The summed E-state index contributed by atoms with van der Waals surface area (Å²) in [6.07, 6.45) is 0.568. The van der Waals surface area contributed by atoms with Gasteiger partial charge in [-0.05, 0) is 44.5 Å². The molecule has 4 nitrogen and oxygen atoms in total. The van der Waals surface area contributed by atoms with E-state index in [4.69, 9.17) is 10.5 Å². The van der Waals surface area contributed by atoms with Gasteiger partial charge in [0.05, 0.1) is 12.6 Å². The molecule has 0 saturated heterocycles. The average molecular weight is 250 g/mol. The molecule has 0 bridgehead atoms. The number of aryl methyl sites for hydroxylation is 2. The topological polar surface area (TPSA) is 64.3 Å². The Morgan fingerprint density at radius 1 is 1.33 bits per heavy atom. The minimum atomic E-state index is -0.348. The standard InChI is InChI=1S/C14H22N2O2/c1-9-5-6-10(2)13(11(9)3)18-8-7-12(16-4)14(15)17/h5-6,12,16H,7-8H2,1-4H3,(H2,15,17). The Labute approximate surface area is 109 Å². The third-order valence-corrected chi connectivity index (χ3v) is 3.22. The number of carbonyl (C=O) groups excluding carboxylic acids is 1. The van der Waals surface area contributed by atoms with Gasteiger partial charge < -0.3 is 15.8 Å². The highest BCUT2D eigenvalue weighted by Gasteiger charge is 2.13. The summed E-state index contributed by atoms with van der Waals surface area (Å²) in [6, 6.07) is 3.79. The van der Waals surface area contributed by atoms with E-state index >= 15 is 0 Å². The van der Waals surface area contributed by atoms with Gasteiger partial charge in [-0.3, -0.25) is 4.79 Å². The number of amides is 1. The van der Waals surface area contributed by atoms with Gasteiger partial charge in [-0.15, -0.1) is 0 Å². The maximum absolute atomic E-state index is 11.1. The number of nitrogens with two attached hydrogens (primary N) is 1. The van der Waals surface area contributed by atoms with E-state index in [1.165, 1.54) is 5.56 Å². The lowest BCUT2D eigenvalue weighted by Gasteiger charge is -2.16. The summed E-state index contributed by atoms with van der Waals surface area (Å²) in [5.41, 5.74) is 8.72. The van der Waals surface area contributed by atoms with E-state index in [1.54, 1.807) is 7.05 Å². The van der Waals surface area contributed by atoms with Gasteiger partial charge in [0.15, 0.2) is 0 Å². The van der Waals surface area contributed by atoms with E-state index in [1.807, 2.05) is 19.9 Å². The van der Waals surface area contributed by atoms with Crippen molar-refractivity contribution in [3.8, 4) is 5.75 Å². The molecule has 1 aromatic rings. The molecule has 1 amide bonds. The van der Waals surface area contributed by atoms with E-state index in [9.17, 15) is 4.79 Å². The number of primary amides is 1.